The maximum absolute atomic E-state index is 12.8. The van der Waals surface area contributed by atoms with Crippen molar-refractivity contribution in [1.29, 1.82) is 0 Å². The van der Waals surface area contributed by atoms with Crippen molar-refractivity contribution in [3.05, 3.63) is 71.0 Å². The quantitative estimate of drug-likeness (QED) is 0.697. The van der Waals surface area contributed by atoms with Gasteiger partial charge >= 0.3 is 0 Å². The minimum atomic E-state index is -0.456. The molecule has 2 aromatic rings. The monoisotopic (exact) mass is 324 g/mol. The molecule has 0 unspecified atom stereocenters. The zero-order valence-corrected chi connectivity index (χ0v) is 12.7. The molecule has 0 spiro atoms. The highest BCUT2D eigenvalue weighted by atomic mass is 19.1. The Morgan fingerprint density at radius 3 is 2.50 bits per heavy atom. The van der Waals surface area contributed by atoms with Gasteiger partial charge in [-0.1, -0.05) is 18.2 Å². The largest absolute Gasteiger partial charge is 0.322 e. The molecule has 1 aliphatic rings. The summed E-state index contributed by atoms with van der Waals surface area (Å²) in [6, 6.07) is 10.4. The molecule has 0 fully saturated rings. The third kappa shape index (κ3) is 2.81. The fraction of sp³-hybridized carbons (Fsp3) is 0.0556. The minimum Gasteiger partial charge on any atom is -0.322 e. The standard InChI is InChI=1S/C18H13FN2O3/c1-21-17(23)13-3-2-4-14(16(13)18(21)24)20-15(22)10-7-11-5-8-12(19)9-6-11/h2-10H,1H3,(H,20,22). The lowest BCUT2D eigenvalue weighted by Crippen LogP contribution is -2.24. The van der Waals surface area contributed by atoms with E-state index in [0.29, 0.717) is 5.56 Å². The normalized spacial score (nSPS) is 13.5. The molecule has 24 heavy (non-hydrogen) atoms. The minimum absolute atomic E-state index is 0.188. The van der Waals surface area contributed by atoms with Crippen LogP contribution in [0.2, 0.25) is 0 Å². The summed E-state index contributed by atoms with van der Waals surface area (Å²) in [5.41, 5.74) is 1.40. The molecule has 3 amide bonds. The molecular weight excluding hydrogens is 311 g/mol. The van der Waals surface area contributed by atoms with Crippen molar-refractivity contribution in [3.8, 4) is 0 Å². The average Bonchev–Trinajstić information content (AvgIpc) is 2.80. The first-order valence-electron chi connectivity index (χ1n) is 7.17. The van der Waals surface area contributed by atoms with E-state index in [1.165, 1.54) is 43.5 Å². The number of hydrogen-bond acceptors (Lipinski definition) is 3. The number of hydrogen-bond donors (Lipinski definition) is 1. The molecule has 5 nitrogen and oxygen atoms in total. The van der Waals surface area contributed by atoms with Crippen LogP contribution in [0.3, 0.4) is 0 Å². The molecule has 2 aromatic carbocycles. The number of nitrogens with one attached hydrogen (secondary N) is 1. The maximum Gasteiger partial charge on any atom is 0.263 e. The highest BCUT2D eigenvalue weighted by Gasteiger charge is 2.34. The molecular formula is C18H13FN2O3. The van der Waals surface area contributed by atoms with E-state index in [1.807, 2.05) is 0 Å². The summed E-state index contributed by atoms with van der Waals surface area (Å²) >= 11 is 0. The van der Waals surface area contributed by atoms with Gasteiger partial charge < -0.3 is 5.32 Å². The van der Waals surface area contributed by atoms with Gasteiger partial charge in [0, 0.05) is 13.1 Å². The highest BCUT2D eigenvalue weighted by Crippen LogP contribution is 2.28. The van der Waals surface area contributed by atoms with Gasteiger partial charge in [0.05, 0.1) is 16.8 Å². The van der Waals surface area contributed by atoms with Crippen LogP contribution in [0, 0.1) is 5.82 Å². The van der Waals surface area contributed by atoms with Crippen molar-refractivity contribution in [3.63, 3.8) is 0 Å². The van der Waals surface area contributed by atoms with Gasteiger partial charge in [-0.3, -0.25) is 19.3 Å². The van der Waals surface area contributed by atoms with Crippen molar-refractivity contribution in [1.82, 2.24) is 4.90 Å². The maximum atomic E-state index is 12.8. The molecule has 0 aromatic heterocycles. The smallest absolute Gasteiger partial charge is 0.263 e. The van der Waals surface area contributed by atoms with E-state index >= 15 is 0 Å². The van der Waals surface area contributed by atoms with E-state index in [-0.39, 0.29) is 22.6 Å². The summed E-state index contributed by atoms with van der Waals surface area (Å²) in [7, 11) is 1.39. The summed E-state index contributed by atoms with van der Waals surface area (Å²) in [5, 5.41) is 2.60. The number of fused-ring (bicyclic) bond motifs is 1. The second kappa shape index (κ2) is 6.08. The Bertz CT molecular complexity index is 872. The van der Waals surface area contributed by atoms with Crippen LogP contribution in [0.15, 0.2) is 48.5 Å². The van der Waals surface area contributed by atoms with Crippen molar-refractivity contribution >= 4 is 29.5 Å². The molecule has 0 saturated heterocycles. The third-order valence-electron chi connectivity index (χ3n) is 3.67. The SMILES string of the molecule is CN1C(=O)c2cccc(NC(=O)C=Cc3ccc(F)cc3)c2C1=O. The van der Waals surface area contributed by atoms with Crippen LogP contribution in [-0.4, -0.2) is 29.7 Å². The molecule has 0 aliphatic carbocycles. The van der Waals surface area contributed by atoms with Crippen molar-refractivity contribution in [2.24, 2.45) is 0 Å². The number of carbonyl (C=O) groups excluding carboxylic acids is 3. The Morgan fingerprint density at radius 1 is 1.08 bits per heavy atom. The van der Waals surface area contributed by atoms with Gasteiger partial charge in [0.1, 0.15) is 5.82 Å². The van der Waals surface area contributed by atoms with Crippen LogP contribution in [0.25, 0.3) is 6.08 Å². The first-order valence-corrected chi connectivity index (χ1v) is 7.17. The Kier molecular flexibility index (Phi) is 3.95. The molecule has 1 N–H and O–H groups in total. The molecule has 0 bridgehead atoms. The number of halogens is 1. The second-order valence-electron chi connectivity index (χ2n) is 5.27. The summed E-state index contributed by atoms with van der Waals surface area (Å²) in [6.45, 7) is 0. The van der Waals surface area contributed by atoms with E-state index in [1.54, 1.807) is 18.2 Å². The number of benzene rings is 2. The number of carbonyl (C=O) groups is 3. The van der Waals surface area contributed by atoms with E-state index in [2.05, 4.69) is 5.32 Å². The van der Waals surface area contributed by atoms with Gasteiger partial charge in [-0.05, 0) is 35.9 Å². The predicted molar refractivity (Wildman–Crippen MR) is 86.9 cm³/mol. The van der Waals surface area contributed by atoms with Crippen LogP contribution in [0.5, 0.6) is 0 Å². The van der Waals surface area contributed by atoms with Gasteiger partial charge in [-0.2, -0.15) is 0 Å². The number of amides is 3. The van der Waals surface area contributed by atoms with Crippen LogP contribution in [0.1, 0.15) is 26.3 Å². The van der Waals surface area contributed by atoms with Crippen LogP contribution >= 0.6 is 0 Å². The summed E-state index contributed by atoms with van der Waals surface area (Å²) in [6.07, 6.45) is 2.80. The number of nitrogens with zero attached hydrogens (tertiary/aromatic N) is 1. The Labute approximate surface area is 137 Å². The average molecular weight is 324 g/mol. The topological polar surface area (TPSA) is 66.5 Å². The molecule has 6 heteroatoms. The zero-order valence-electron chi connectivity index (χ0n) is 12.7. The second-order valence-corrected chi connectivity index (χ2v) is 5.27. The molecule has 0 radical (unpaired) electrons. The molecule has 1 aliphatic heterocycles. The van der Waals surface area contributed by atoms with Crippen molar-refractivity contribution in [2.75, 3.05) is 12.4 Å². The van der Waals surface area contributed by atoms with Crippen LogP contribution in [0.4, 0.5) is 10.1 Å². The van der Waals surface area contributed by atoms with Gasteiger partial charge in [0.15, 0.2) is 0 Å². The van der Waals surface area contributed by atoms with Gasteiger partial charge in [0.25, 0.3) is 11.8 Å². The lowest BCUT2D eigenvalue weighted by atomic mass is 10.1. The van der Waals surface area contributed by atoms with E-state index in [9.17, 15) is 18.8 Å². The van der Waals surface area contributed by atoms with Crippen molar-refractivity contribution in [2.45, 2.75) is 0 Å². The highest BCUT2D eigenvalue weighted by molar-refractivity contribution is 6.24. The molecule has 0 atom stereocenters. The Hall–Kier alpha value is -3.28. The van der Waals surface area contributed by atoms with Gasteiger partial charge in [0.2, 0.25) is 5.91 Å². The molecule has 120 valence electrons. The lowest BCUT2D eigenvalue weighted by Gasteiger charge is -2.07. The van der Waals surface area contributed by atoms with Crippen molar-refractivity contribution < 1.29 is 18.8 Å². The molecule has 0 saturated carbocycles. The predicted octanol–water partition coefficient (Wildman–Crippen LogP) is 2.70. The summed E-state index contributed by atoms with van der Waals surface area (Å²) in [5.74, 6) is -1.66. The number of anilines is 1. The lowest BCUT2D eigenvalue weighted by molar-refractivity contribution is -0.111. The molecule has 1 heterocycles. The van der Waals surface area contributed by atoms with E-state index < -0.39 is 17.7 Å². The number of imide groups is 1. The fourth-order valence-corrected chi connectivity index (χ4v) is 2.43. The van der Waals surface area contributed by atoms with Gasteiger partial charge in [-0.25, -0.2) is 4.39 Å². The van der Waals surface area contributed by atoms with Crippen LogP contribution in [-0.2, 0) is 4.79 Å². The first kappa shape index (κ1) is 15.6. The first-order chi connectivity index (χ1) is 11.5. The fourth-order valence-electron chi connectivity index (χ4n) is 2.43. The zero-order chi connectivity index (χ0) is 17.3. The third-order valence-corrected chi connectivity index (χ3v) is 3.67. The van der Waals surface area contributed by atoms with E-state index in [0.717, 1.165) is 4.90 Å². The van der Waals surface area contributed by atoms with Crippen LogP contribution < -0.4 is 5.32 Å². The summed E-state index contributed by atoms with van der Waals surface area (Å²) in [4.78, 5) is 37.1. The Balaban J connectivity index is 1.80. The number of rotatable bonds is 3. The Morgan fingerprint density at radius 2 is 1.79 bits per heavy atom. The van der Waals surface area contributed by atoms with Gasteiger partial charge in [-0.15, -0.1) is 0 Å². The summed E-state index contributed by atoms with van der Waals surface area (Å²) < 4.78 is 12.8. The molecule has 3 rings (SSSR count). The van der Waals surface area contributed by atoms with E-state index in [4.69, 9.17) is 0 Å².